The van der Waals surface area contributed by atoms with Gasteiger partial charge >= 0.3 is 0 Å². The third-order valence-corrected chi connectivity index (χ3v) is 6.83. The Morgan fingerprint density at radius 2 is 1.89 bits per heavy atom. The molecule has 0 radical (unpaired) electrons. The van der Waals surface area contributed by atoms with Crippen molar-refractivity contribution in [3.05, 3.63) is 94.3 Å². The molecule has 0 bridgehead atoms. The zero-order valence-corrected chi connectivity index (χ0v) is 16.8. The molecule has 5 rings (SSSR count). The number of hydrogen-bond donors (Lipinski definition) is 1. The van der Waals surface area contributed by atoms with Crippen LogP contribution in [0.2, 0.25) is 5.02 Å². The van der Waals surface area contributed by atoms with E-state index in [1.165, 1.54) is 27.5 Å². The van der Waals surface area contributed by atoms with Gasteiger partial charge in [0.2, 0.25) is 0 Å². The number of hydrogen-bond acceptors (Lipinski definition) is 4. The van der Waals surface area contributed by atoms with Crippen molar-refractivity contribution in [1.82, 2.24) is 20.6 Å². The number of tetrazole rings is 1. The molecule has 0 saturated carbocycles. The topological polar surface area (TPSA) is 54.5 Å². The summed E-state index contributed by atoms with van der Waals surface area (Å²) in [5, 5.41) is 17.8. The van der Waals surface area contributed by atoms with E-state index in [2.05, 4.69) is 82.2 Å². The maximum absolute atomic E-state index is 6.39. The second-order valence-corrected chi connectivity index (χ2v) is 8.46. The van der Waals surface area contributed by atoms with Crippen LogP contribution in [0.3, 0.4) is 0 Å². The van der Waals surface area contributed by atoms with Crippen molar-refractivity contribution in [2.24, 2.45) is 0 Å². The molecule has 0 aliphatic carbocycles. The number of allylic oxidation sites excluding steroid dienone is 1. The number of aryl methyl sites for hydroxylation is 1. The molecule has 6 heteroatoms. The first-order valence-electron chi connectivity index (χ1n) is 9.02. The SMILES string of the molecule is Cc1ccc(C2(c3cccc(Cl)c3)C=C(c3nnn[nH]3)SC2)c2ccccc12. The lowest BCUT2D eigenvalue weighted by molar-refractivity contribution is 0.756. The Labute approximate surface area is 172 Å². The van der Waals surface area contributed by atoms with E-state index in [1.807, 2.05) is 12.1 Å². The van der Waals surface area contributed by atoms with Crippen molar-refractivity contribution >= 4 is 39.0 Å². The van der Waals surface area contributed by atoms with E-state index in [1.54, 1.807) is 11.8 Å². The molecule has 3 aromatic carbocycles. The summed E-state index contributed by atoms with van der Waals surface area (Å²) in [5.41, 5.74) is 3.40. The normalized spacial score (nSPS) is 19.1. The smallest absolute Gasteiger partial charge is 0.185 e. The van der Waals surface area contributed by atoms with Gasteiger partial charge in [0.05, 0.1) is 4.91 Å². The van der Waals surface area contributed by atoms with Gasteiger partial charge in [-0.1, -0.05) is 66.2 Å². The van der Waals surface area contributed by atoms with E-state index in [4.69, 9.17) is 11.6 Å². The van der Waals surface area contributed by atoms with Gasteiger partial charge in [-0.3, -0.25) is 0 Å². The van der Waals surface area contributed by atoms with E-state index in [0.717, 1.165) is 15.7 Å². The van der Waals surface area contributed by atoms with Crippen LogP contribution in [0.5, 0.6) is 0 Å². The van der Waals surface area contributed by atoms with E-state index in [0.29, 0.717) is 5.82 Å². The quantitative estimate of drug-likeness (QED) is 0.497. The van der Waals surface area contributed by atoms with E-state index in [9.17, 15) is 0 Å². The first kappa shape index (κ1) is 17.5. The third-order valence-electron chi connectivity index (χ3n) is 5.37. The fourth-order valence-corrected chi connectivity index (χ4v) is 5.47. The average Bonchev–Trinajstić information content (AvgIpc) is 3.39. The molecule has 4 nitrogen and oxygen atoms in total. The minimum atomic E-state index is -0.314. The maximum atomic E-state index is 6.39. The van der Waals surface area contributed by atoms with Crippen molar-refractivity contribution in [3.63, 3.8) is 0 Å². The Kier molecular flexibility index (Phi) is 4.22. The Bertz CT molecular complexity index is 1200. The number of benzene rings is 3. The van der Waals surface area contributed by atoms with Gasteiger partial charge in [0.15, 0.2) is 5.82 Å². The van der Waals surface area contributed by atoms with Crippen molar-refractivity contribution in [2.75, 3.05) is 5.75 Å². The molecule has 4 aromatic rings. The highest BCUT2D eigenvalue weighted by molar-refractivity contribution is 8.08. The number of aromatic amines is 1. The number of aromatic nitrogens is 4. The highest BCUT2D eigenvalue weighted by Crippen LogP contribution is 2.50. The minimum Gasteiger partial charge on any atom is -0.238 e. The molecular weight excluding hydrogens is 388 g/mol. The lowest BCUT2D eigenvalue weighted by Gasteiger charge is -2.30. The van der Waals surface area contributed by atoms with E-state index >= 15 is 0 Å². The zero-order valence-electron chi connectivity index (χ0n) is 15.2. The summed E-state index contributed by atoms with van der Waals surface area (Å²) < 4.78 is 0. The predicted molar refractivity (Wildman–Crippen MR) is 116 cm³/mol. The molecule has 28 heavy (non-hydrogen) atoms. The number of nitrogens with one attached hydrogen (secondary N) is 1. The Balaban J connectivity index is 1.81. The van der Waals surface area contributed by atoms with Crippen LogP contribution in [0.1, 0.15) is 22.5 Å². The molecule has 1 aliphatic rings. The standard InChI is InChI=1S/C22H17ClN4S/c1-14-9-10-19(18-8-3-2-7-17(14)18)22(15-5-4-6-16(23)11-15)12-20(28-13-22)21-24-26-27-25-21/h2-12H,13H2,1H3,(H,24,25,26,27). The fraction of sp³-hybridized carbons (Fsp3) is 0.136. The summed E-state index contributed by atoms with van der Waals surface area (Å²) in [6.45, 7) is 2.16. The number of rotatable bonds is 3. The second-order valence-electron chi connectivity index (χ2n) is 7.00. The van der Waals surface area contributed by atoms with Crippen LogP contribution in [0, 0.1) is 6.92 Å². The van der Waals surface area contributed by atoms with Crippen LogP contribution in [0.4, 0.5) is 0 Å². The number of halogens is 1. The summed E-state index contributed by atoms with van der Waals surface area (Å²) in [6.07, 6.45) is 2.28. The van der Waals surface area contributed by atoms with Gasteiger partial charge in [-0.2, -0.15) is 0 Å². The van der Waals surface area contributed by atoms with Crippen molar-refractivity contribution in [3.8, 4) is 0 Å². The minimum absolute atomic E-state index is 0.314. The number of thioether (sulfide) groups is 1. The van der Waals surface area contributed by atoms with Gasteiger partial charge in [-0.25, -0.2) is 5.10 Å². The van der Waals surface area contributed by atoms with Gasteiger partial charge in [0, 0.05) is 16.2 Å². The molecule has 1 aromatic heterocycles. The van der Waals surface area contributed by atoms with E-state index < -0.39 is 0 Å². The first-order chi connectivity index (χ1) is 13.7. The van der Waals surface area contributed by atoms with Gasteiger partial charge in [-0.05, 0) is 56.9 Å². The molecule has 138 valence electrons. The maximum Gasteiger partial charge on any atom is 0.185 e. The van der Waals surface area contributed by atoms with Crippen LogP contribution in [0.15, 0.2) is 66.7 Å². The predicted octanol–water partition coefficient (Wildman–Crippen LogP) is 5.39. The van der Waals surface area contributed by atoms with Crippen LogP contribution in [0.25, 0.3) is 15.7 Å². The van der Waals surface area contributed by atoms with Crippen molar-refractivity contribution in [2.45, 2.75) is 12.3 Å². The summed E-state index contributed by atoms with van der Waals surface area (Å²) in [6, 6.07) is 21.2. The van der Waals surface area contributed by atoms with Crippen LogP contribution >= 0.6 is 23.4 Å². The van der Waals surface area contributed by atoms with Crippen molar-refractivity contribution < 1.29 is 0 Å². The molecule has 0 saturated heterocycles. The molecule has 1 N–H and O–H groups in total. The molecule has 0 spiro atoms. The zero-order chi connectivity index (χ0) is 19.1. The number of H-pyrrole nitrogens is 1. The Morgan fingerprint density at radius 1 is 1.04 bits per heavy atom. The molecule has 1 aliphatic heterocycles. The lowest BCUT2D eigenvalue weighted by Crippen LogP contribution is -2.26. The number of nitrogens with zero attached hydrogens (tertiary/aromatic N) is 3. The molecule has 1 unspecified atom stereocenters. The highest BCUT2D eigenvalue weighted by atomic mass is 35.5. The van der Waals surface area contributed by atoms with E-state index in [-0.39, 0.29) is 5.41 Å². The molecule has 0 amide bonds. The molecule has 1 atom stereocenters. The average molecular weight is 405 g/mol. The van der Waals surface area contributed by atoms with Crippen LogP contribution in [-0.2, 0) is 5.41 Å². The summed E-state index contributed by atoms with van der Waals surface area (Å²) in [7, 11) is 0. The van der Waals surface area contributed by atoms with Gasteiger partial charge in [-0.15, -0.1) is 16.9 Å². The molecule has 0 fully saturated rings. The largest absolute Gasteiger partial charge is 0.238 e. The Hall–Kier alpha value is -2.63. The van der Waals surface area contributed by atoms with Gasteiger partial charge < -0.3 is 0 Å². The summed E-state index contributed by atoms with van der Waals surface area (Å²) in [5.74, 6) is 1.56. The van der Waals surface area contributed by atoms with Crippen LogP contribution in [-0.4, -0.2) is 26.4 Å². The monoisotopic (exact) mass is 404 g/mol. The fourth-order valence-electron chi connectivity index (χ4n) is 3.98. The third kappa shape index (κ3) is 2.74. The first-order valence-corrected chi connectivity index (χ1v) is 10.4. The van der Waals surface area contributed by atoms with Gasteiger partial charge in [0.25, 0.3) is 0 Å². The number of fused-ring (bicyclic) bond motifs is 1. The molecular formula is C22H17ClN4S. The van der Waals surface area contributed by atoms with Crippen molar-refractivity contribution in [1.29, 1.82) is 0 Å². The highest BCUT2D eigenvalue weighted by Gasteiger charge is 2.39. The summed E-state index contributed by atoms with van der Waals surface area (Å²) in [4.78, 5) is 1.05. The summed E-state index contributed by atoms with van der Waals surface area (Å²) >= 11 is 8.15. The lowest BCUT2D eigenvalue weighted by atomic mass is 9.73. The van der Waals surface area contributed by atoms with Gasteiger partial charge in [0.1, 0.15) is 0 Å². The molecule has 2 heterocycles. The second kappa shape index (κ2) is 6.76. The van der Waals surface area contributed by atoms with Crippen LogP contribution < -0.4 is 0 Å². The Morgan fingerprint density at radius 3 is 2.68 bits per heavy atom.